The third-order valence-electron chi connectivity index (χ3n) is 3.32. The van der Waals surface area contributed by atoms with Gasteiger partial charge in [-0.15, -0.1) is 0 Å². The molecular weight excluding hydrogens is 241 g/mol. The van der Waals surface area contributed by atoms with Crippen LogP contribution in [0.1, 0.15) is 31.4 Å². The maximum Gasteiger partial charge on any atom is 0.142 e. The van der Waals surface area contributed by atoms with E-state index < -0.39 is 5.82 Å². The number of nitrogens with one attached hydrogen (secondary N) is 1. The van der Waals surface area contributed by atoms with Crippen LogP contribution in [0.4, 0.5) is 4.39 Å². The molecule has 94 valence electrons. The van der Waals surface area contributed by atoms with Crippen LogP contribution in [0.2, 0.25) is 5.02 Å². The van der Waals surface area contributed by atoms with Gasteiger partial charge in [0.2, 0.25) is 0 Å². The largest absolute Gasteiger partial charge is 0.394 e. The molecule has 1 aliphatic rings. The molecule has 4 heteroatoms. The van der Waals surface area contributed by atoms with Gasteiger partial charge in [0.15, 0.2) is 0 Å². The monoisotopic (exact) mass is 257 g/mol. The minimum Gasteiger partial charge on any atom is -0.394 e. The second kappa shape index (κ2) is 5.34. The highest BCUT2D eigenvalue weighted by molar-refractivity contribution is 6.30. The highest BCUT2D eigenvalue weighted by Gasteiger charge is 2.29. The fourth-order valence-electron chi connectivity index (χ4n) is 2.03. The van der Waals surface area contributed by atoms with Gasteiger partial charge in [0, 0.05) is 6.04 Å². The summed E-state index contributed by atoms with van der Waals surface area (Å²) in [6.07, 6.45) is 2.47. The molecule has 2 atom stereocenters. The number of hydrogen-bond acceptors (Lipinski definition) is 2. The van der Waals surface area contributed by atoms with Gasteiger partial charge in [0.05, 0.1) is 17.7 Å². The summed E-state index contributed by atoms with van der Waals surface area (Å²) in [5, 5.41) is 12.8. The minimum atomic E-state index is -0.441. The molecule has 17 heavy (non-hydrogen) atoms. The smallest absolute Gasteiger partial charge is 0.142 e. The van der Waals surface area contributed by atoms with Crippen LogP contribution in [-0.2, 0) is 0 Å². The third kappa shape index (κ3) is 3.18. The molecule has 1 fully saturated rings. The van der Waals surface area contributed by atoms with Crippen molar-refractivity contribution in [2.75, 3.05) is 6.61 Å². The summed E-state index contributed by atoms with van der Waals surface area (Å²) in [7, 11) is 0. The van der Waals surface area contributed by atoms with Crippen LogP contribution in [-0.4, -0.2) is 17.8 Å². The molecule has 0 unspecified atom stereocenters. The standard InChI is InChI=1S/C13H17ClFNO/c1-8(9-2-3-9)16-13(7-17)10-4-5-11(14)12(15)6-10/h4-6,8-9,13,16-17H,2-3,7H2,1H3/t8-,13+/m1/s1. The molecule has 1 aromatic carbocycles. The molecule has 0 spiro atoms. The van der Waals surface area contributed by atoms with Crippen molar-refractivity contribution in [2.45, 2.75) is 31.8 Å². The van der Waals surface area contributed by atoms with Gasteiger partial charge in [0.1, 0.15) is 5.82 Å². The van der Waals surface area contributed by atoms with E-state index in [4.69, 9.17) is 11.6 Å². The normalized spacial score (nSPS) is 19.1. The van der Waals surface area contributed by atoms with Crippen molar-refractivity contribution in [3.8, 4) is 0 Å². The lowest BCUT2D eigenvalue weighted by atomic mass is 10.1. The van der Waals surface area contributed by atoms with Crippen LogP contribution in [0, 0.1) is 11.7 Å². The molecule has 0 heterocycles. The molecule has 1 saturated carbocycles. The van der Waals surface area contributed by atoms with E-state index in [0.29, 0.717) is 12.0 Å². The van der Waals surface area contributed by atoms with E-state index in [0.717, 1.165) is 5.56 Å². The number of hydrogen-bond donors (Lipinski definition) is 2. The molecule has 2 rings (SSSR count). The third-order valence-corrected chi connectivity index (χ3v) is 3.63. The maximum atomic E-state index is 13.3. The molecular formula is C13H17ClFNO. The van der Waals surface area contributed by atoms with Crippen LogP contribution in [0.25, 0.3) is 0 Å². The first kappa shape index (κ1) is 12.8. The summed E-state index contributed by atoms with van der Waals surface area (Å²) in [5.41, 5.74) is 0.738. The lowest BCUT2D eigenvalue weighted by molar-refractivity contribution is 0.231. The molecule has 0 aromatic heterocycles. The summed E-state index contributed by atoms with van der Waals surface area (Å²) in [4.78, 5) is 0. The first-order chi connectivity index (χ1) is 8.11. The lowest BCUT2D eigenvalue weighted by Gasteiger charge is -2.22. The molecule has 0 bridgehead atoms. The van der Waals surface area contributed by atoms with Crippen molar-refractivity contribution in [2.24, 2.45) is 5.92 Å². The van der Waals surface area contributed by atoms with E-state index in [1.165, 1.54) is 25.0 Å². The van der Waals surface area contributed by atoms with E-state index in [9.17, 15) is 9.50 Å². The molecule has 0 saturated heterocycles. The van der Waals surface area contributed by atoms with Crippen molar-refractivity contribution in [1.29, 1.82) is 0 Å². The number of aliphatic hydroxyl groups excluding tert-OH is 1. The fourth-order valence-corrected chi connectivity index (χ4v) is 2.15. The zero-order valence-corrected chi connectivity index (χ0v) is 10.5. The van der Waals surface area contributed by atoms with Gasteiger partial charge < -0.3 is 10.4 Å². The van der Waals surface area contributed by atoms with Crippen LogP contribution in [0.3, 0.4) is 0 Å². The number of rotatable bonds is 5. The summed E-state index contributed by atoms with van der Waals surface area (Å²) >= 11 is 5.64. The first-order valence-electron chi connectivity index (χ1n) is 5.93. The Morgan fingerprint density at radius 1 is 1.53 bits per heavy atom. The van der Waals surface area contributed by atoms with Crippen LogP contribution >= 0.6 is 11.6 Å². The molecule has 1 aliphatic carbocycles. The zero-order chi connectivity index (χ0) is 12.4. The predicted molar refractivity (Wildman–Crippen MR) is 66.6 cm³/mol. The van der Waals surface area contributed by atoms with Crippen molar-refractivity contribution < 1.29 is 9.50 Å². The predicted octanol–water partition coefficient (Wildman–Crippen LogP) is 2.90. The quantitative estimate of drug-likeness (QED) is 0.850. The SMILES string of the molecule is C[C@@H](N[C@@H](CO)c1ccc(Cl)c(F)c1)C1CC1. The van der Waals surface area contributed by atoms with E-state index in [-0.39, 0.29) is 17.7 Å². The lowest BCUT2D eigenvalue weighted by Crippen LogP contribution is -2.34. The van der Waals surface area contributed by atoms with Gasteiger partial charge in [0.25, 0.3) is 0 Å². The molecule has 0 amide bonds. The van der Waals surface area contributed by atoms with Gasteiger partial charge in [-0.2, -0.15) is 0 Å². The van der Waals surface area contributed by atoms with Gasteiger partial charge in [-0.3, -0.25) is 0 Å². The number of aliphatic hydroxyl groups is 1. The topological polar surface area (TPSA) is 32.3 Å². The maximum absolute atomic E-state index is 13.3. The molecule has 0 aliphatic heterocycles. The summed E-state index contributed by atoms with van der Waals surface area (Å²) in [6, 6.07) is 4.79. The van der Waals surface area contributed by atoms with Gasteiger partial charge in [-0.25, -0.2) is 4.39 Å². The minimum absolute atomic E-state index is 0.0435. The van der Waals surface area contributed by atoms with Crippen LogP contribution in [0.5, 0.6) is 0 Å². The van der Waals surface area contributed by atoms with Crippen molar-refractivity contribution in [3.05, 3.63) is 34.6 Å². The Morgan fingerprint density at radius 3 is 2.76 bits per heavy atom. The Balaban J connectivity index is 2.07. The van der Waals surface area contributed by atoms with E-state index >= 15 is 0 Å². The van der Waals surface area contributed by atoms with Crippen molar-refractivity contribution in [3.63, 3.8) is 0 Å². The average molecular weight is 258 g/mol. The molecule has 1 aromatic rings. The second-order valence-electron chi connectivity index (χ2n) is 4.70. The van der Waals surface area contributed by atoms with Gasteiger partial charge >= 0.3 is 0 Å². The number of halogens is 2. The van der Waals surface area contributed by atoms with Crippen LogP contribution in [0.15, 0.2) is 18.2 Å². The highest BCUT2D eigenvalue weighted by Crippen LogP contribution is 2.33. The first-order valence-corrected chi connectivity index (χ1v) is 6.31. The Bertz CT molecular complexity index is 395. The zero-order valence-electron chi connectivity index (χ0n) is 9.79. The van der Waals surface area contributed by atoms with Gasteiger partial charge in [-0.05, 0) is 43.4 Å². The van der Waals surface area contributed by atoms with E-state index in [1.807, 2.05) is 0 Å². The number of benzene rings is 1. The summed E-state index contributed by atoms with van der Waals surface area (Å²) < 4.78 is 13.3. The van der Waals surface area contributed by atoms with Crippen molar-refractivity contribution in [1.82, 2.24) is 5.32 Å². The molecule has 2 nitrogen and oxygen atoms in total. The average Bonchev–Trinajstić information content (AvgIpc) is 3.13. The van der Waals surface area contributed by atoms with Crippen LogP contribution < -0.4 is 5.32 Å². The molecule has 0 radical (unpaired) electrons. The Morgan fingerprint density at radius 2 is 2.24 bits per heavy atom. The Hall–Kier alpha value is -0.640. The Kier molecular flexibility index (Phi) is 4.02. The van der Waals surface area contributed by atoms with E-state index in [2.05, 4.69) is 12.2 Å². The highest BCUT2D eigenvalue weighted by atomic mass is 35.5. The fraction of sp³-hybridized carbons (Fsp3) is 0.538. The van der Waals surface area contributed by atoms with E-state index in [1.54, 1.807) is 6.07 Å². The van der Waals surface area contributed by atoms with Gasteiger partial charge in [-0.1, -0.05) is 17.7 Å². The second-order valence-corrected chi connectivity index (χ2v) is 5.11. The summed E-state index contributed by atoms with van der Waals surface area (Å²) in [5.74, 6) is 0.254. The summed E-state index contributed by atoms with van der Waals surface area (Å²) in [6.45, 7) is 2.06. The molecule has 2 N–H and O–H groups in total. The Labute approximate surface area is 106 Å². The van der Waals surface area contributed by atoms with Crippen molar-refractivity contribution >= 4 is 11.6 Å².